The molecule has 0 spiro atoms. The fraction of sp³-hybridized carbons (Fsp3) is 0.480. The van der Waals surface area contributed by atoms with Gasteiger partial charge in [0.2, 0.25) is 11.8 Å². The summed E-state index contributed by atoms with van der Waals surface area (Å²) in [5, 5.41) is 21.2. The predicted octanol–water partition coefficient (Wildman–Crippen LogP) is 3.01. The first-order valence-electron chi connectivity index (χ1n) is 11.9. The van der Waals surface area contributed by atoms with E-state index in [-0.39, 0.29) is 25.3 Å². The van der Waals surface area contributed by atoms with Crippen molar-refractivity contribution in [2.75, 3.05) is 13.6 Å². The van der Waals surface area contributed by atoms with E-state index in [1.165, 1.54) is 4.90 Å². The molecule has 0 saturated carbocycles. The van der Waals surface area contributed by atoms with Crippen LogP contribution in [0.4, 0.5) is 0 Å². The minimum atomic E-state index is -1.17. The number of carboxylic acids is 1. The van der Waals surface area contributed by atoms with E-state index in [1.54, 1.807) is 7.05 Å². The molecule has 0 aromatic heterocycles. The first kappa shape index (κ1) is 26.0. The van der Waals surface area contributed by atoms with Gasteiger partial charge < -0.3 is 20.6 Å². The molecule has 10 nitrogen and oxygen atoms in total. The van der Waals surface area contributed by atoms with Crippen molar-refractivity contribution >= 4 is 28.6 Å². The van der Waals surface area contributed by atoms with Crippen molar-refractivity contribution in [3.8, 4) is 0 Å². The number of carbonyl (C=O) groups excluding carboxylic acids is 2. The van der Waals surface area contributed by atoms with E-state index in [0.29, 0.717) is 6.42 Å². The van der Waals surface area contributed by atoms with Gasteiger partial charge in [0.05, 0.1) is 12.1 Å². The topological polar surface area (TPSA) is 148 Å². The minimum Gasteiger partial charge on any atom is -0.480 e. The van der Waals surface area contributed by atoms with Crippen LogP contribution in [-0.4, -0.2) is 65.5 Å². The molecule has 1 aliphatic heterocycles. The second-order valence-corrected chi connectivity index (χ2v) is 8.87. The third kappa shape index (κ3) is 6.49. The van der Waals surface area contributed by atoms with Gasteiger partial charge in [-0.2, -0.15) is 0 Å². The van der Waals surface area contributed by atoms with Gasteiger partial charge in [0.1, 0.15) is 12.1 Å². The molecule has 3 rings (SSSR count). The van der Waals surface area contributed by atoms with Crippen LogP contribution in [0.3, 0.4) is 0 Å². The number of aliphatic carboxylic acids is 1. The molecule has 1 saturated heterocycles. The van der Waals surface area contributed by atoms with E-state index >= 15 is 0 Å². The number of carbonyl (C=O) groups is 3. The summed E-state index contributed by atoms with van der Waals surface area (Å²) in [7, 11) is 1.69. The van der Waals surface area contributed by atoms with Gasteiger partial charge >= 0.3 is 5.97 Å². The number of likely N-dealkylation sites (tertiary alicyclic amines) is 1. The van der Waals surface area contributed by atoms with Crippen LogP contribution in [0.1, 0.15) is 38.2 Å². The van der Waals surface area contributed by atoms with Crippen molar-refractivity contribution in [3.63, 3.8) is 0 Å². The predicted molar refractivity (Wildman–Crippen MR) is 133 cm³/mol. The zero-order valence-electron chi connectivity index (χ0n) is 20.1. The summed E-state index contributed by atoms with van der Waals surface area (Å²) in [6, 6.07) is 10.3. The first-order chi connectivity index (χ1) is 16.9. The maximum Gasteiger partial charge on any atom is 0.326 e. The highest BCUT2D eigenvalue weighted by Crippen LogP contribution is 2.23. The molecule has 0 radical (unpaired) electrons. The van der Waals surface area contributed by atoms with Gasteiger partial charge in [-0.15, -0.1) is 0 Å². The highest BCUT2D eigenvalue weighted by Gasteiger charge is 2.42. The fourth-order valence-electron chi connectivity index (χ4n) is 4.53. The van der Waals surface area contributed by atoms with Crippen LogP contribution in [0, 0.1) is 0 Å². The molecule has 4 atom stereocenters. The van der Waals surface area contributed by atoms with Crippen molar-refractivity contribution in [1.82, 2.24) is 15.5 Å². The molecule has 0 aliphatic carbocycles. The number of azide groups is 1. The largest absolute Gasteiger partial charge is 0.480 e. The molecule has 35 heavy (non-hydrogen) atoms. The lowest BCUT2D eigenvalue weighted by Gasteiger charge is -2.29. The summed E-state index contributed by atoms with van der Waals surface area (Å²) >= 11 is 0. The lowest BCUT2D eigenvalue weighted by molar-refractivity contribution is -0.144. The number of hydrogen-bond acceptors (Lipinski definition) is 5. The minimum absolute atomic E-state index is 0.0992. The maximum atomic E-state index is 13.2. The van der Waals surface area contributed by atoms with Gasteiger partial charge in [0, 0.05) is 17.9 Å². The Morgan fingerprint density at radius 1 is 1.20 bits per heavy atom. The van der Waals surface area contributed by atoms with Crippen LogP contribution in [0.5, 0.6) is 0 Å². The number of nitrogens with zero attached hydrogens (tertiary/aromatic N) is 4. The summed E-state index contributed by atoms with van der Waals surface area (Å²) in [6.45, 7) is 2.15. The highest BCUT2D eigenvalue weighted by molar-refractivity contribution is 5.92. The molecular formula is C25H32N6O4. The van der Waals surface area contributed by atoms with E-state index in [1.807, 2.05) is 49.4 Å². The Bertz CT molecular complexity index is 1120. The van der Waals surface area contributed by atoms with Crippen molar-refractivity contribution in [3.05, 3.63) is 58.5 Å². The van der Waals surface area contributed by atoms with Crippen molar-refractivity contribution < 1.29 is 19.5 Å². The summed E-state index contributed by atoms with van der Waals surface area (Å²) in [4.78, 5) is 42.7. The van der Waals surface area contributed by atoms with Crippen LogP contribution in [-0.2, 0) is 20.8 Å². The average Bonchev–Trinajstić information content (AvgIpc) is 3.28. The third-order valence-electron chi connectivity index (χ3n) is 6.44. The number of nitrogens with one attached hydrogen (secondary N) is 2. The first-order valence-corrected chi connectivity index (χ1v) is 11.9. The second kappa shape index (κ2) is 12.2. The Balaban J connectivity index is 1.77. The van der Waals surface area contributed by atoms with E-state index < -0.39 is 36.0 Å². The van der Waals surface area contributed by atoms with Crippen molar-refractivity contribution in [1.29, 1.82) is 0 Å². The summed E-state index contributed by atoms with van der Waals surface area (Å²) in [5.74, 6) is -1.98. The van der Waals surface area contributed by atoms with Gasteiger partial charge in [-0.05, 0) is 41.8 Å². The molecule has 1 heterocycles. The molecule has 2 amide bonds. The number of rotatable bonds is 11. The molecule has 0 bridgehead atoms. The van der Waals surface area contributed by atoms with E-state index in [2.05, 4.69) is 20.7 Å². The van der Waals surface area contributed by atoms with Crippen LogP contribution < -0.4 is 10.6 Å². The Morgan fingerprint density at radius 3 is 2.60 bits per heavy atom. The quantitative estimate of drug-likeness (QED) is 0.257. The number of hydrogen-bond donors (Lipinski definition) is 3. The number of benzene rings is 2. The third-order valence-corrected chi connectivity index (χ3v) is 6.44. The second-order valence-electron chi connectivity index (χ2n) is 8.87. The van der Waals surface area contributed by atoms with Crippen molar-refractivity contribution in [2.45, 2.75) is 63.2 Å². The Kier molecular flexibility index (Phi) is 9.05. The normalized spacial score (nSPS) is 19.1. The van der Waals surface area contributed by atoms with E-state index in [4.69, 9.17) is 5.53 Å². The molecule has 2 aromatic carbocycles. The molecule has 0 unspecified atom stereocenters. The Labute approximate surface area is 204 Å². The number of likely N-dealkylation sites (N-methyl/N-ethyl adjacent to an activating group) is 1. The number of amides is 2. The number of carboxylic acid groups (broad SMARTS) is 1. The zero-order chi connectivity index (χ0) is 25.4. The van der Waals surface area contributed by atoms with Gasteiger partial charge in [-0.1, -0.05) is 67.3 Å². The Morgan fingerprint density at radius 2 is 1.94 bits per heavy atom. The lowest BCUT2D eigenvalue weighted by Crippen LogP contribution is -2.54. The van der Waals surface area contributed by atoms with E-state index in [0.717, 1.165) is 29.2 Å². The molecule has 3 N–H and O–H groups in total. The average molecular weight is 481 g/mol. The maximum absolute atomic E-state index is 13.2. The molecule has 1 aliphatic rings. The highest BCUT2D eigenvalue weighted by atomic mass is 16.4. The van der Waals surface area contributed by atoms with Gasteiger partial charge in [-0.25, -0.2) is 4.79 Å². The molecule has 2 aromatic rings. The number of unbranched alkanes of at least 4 members (excludes halogenated alkanes) is 1. The van der Waals surface area contributed by atoms with E-state index in [9.17, 15) is 19.5 Å². The molecular weight excluding hydrogens is 448 g/mol. The molecule has 186 valence electrons. The fourth-order valence-corrected chi connectivity index (χ4v) is 4.53. The standard InChI is InChI=1S/C25H32N6O4/c1-3-4-9-20(27-2)24(33)31-15-19(29-30-26)14-22(31)23(32)28-21(25(34)35)13-16-10-11-17-7-5-6-8-18(17)12-16/h5-8,10-12,19-22,27H,3-4,9,13-15H2,1-2H3,(H,28,32)(H,34,35)/t19-,20-,21-,22-/m0/s1. The van der Waals surface area contributed by atoms with Crippen LogP contribution in [0.25, 0.3) is 21.2 Å². The summed E-state index contributed by atoms with van der Waals surface area (Å²) < 4.78 is 0. The summed E-state index contributed by atoms with van der Waals surface area (Å²) in [6.07, 6.45) is 2.62. The SMILES string of the molecule is CCCC[C@H](NC)C(=O)N1C[C@@H](N=[N+]=[N-])C[C@H]1C(=O)N[C@@H](Cc1ccc2ccccc2c1)C(=O)O. The zero-order valence-corrected chi connectivity index (χ0v) is 20.1. The molecule has 1 fully saturated rings. The van der Waals surface area contributed by atoms with Crippen molar-refractivity contribution in [2.24, 2.45) is 5.11 Å². The Hall–Kier alpha value is -3.62. The van der Waals surface area contributed by atoms with Crippen LogP contribution in [0.2, 0.25) is 0 Å². The smallest absolute Gasteiger partial charge is 0.326 e. The van der Waals surface area contributed by atoms with Crippen LogP contribution >= 0.6 is 0 Å². The van der Waals surface area contributed by atoms with Crippen LogP contribution in [0.15, 0.2) is 47.6 Å². The van der Waals surface area contributed by atoms with Gasteiger partial charge in [-0.3, -0.25) is 9.59 Å². The summed E-state index contributed by atoms with van der Waals surface area (Å²) in [5.41, 5.74) is 9.65. The lowest BCUT2D eigenvalue weighted by atomic mass is 10.0. The monoisotopic (exact) mass is 480 g/mol. The number of fused-ring (bicyclic) bond motifs is 1. The van der Waals surface area contributed by atoms with Gasteiger partial charge in [0.25, 0.3) is 0 Å². The van der Waals surface area contributed by atoms with Gasteiger partial charge in [0.15, 0.2) is 0 Å². The molecule has 10 heteroatoms.